The van der Waals surface area contributed by atoms with Gasteiger partial charge >= 0.3 is 6.09 Å². The molecule has 3 aliphatic rings. The molecule has 1 aliphatic carbocycles. The van der Waals surface area contributed by atoms with Crippen molar-refractivity contribution in [3.8, 4) is 0 Å². The van der Waals surface area contributed by atoms with E-state index in [-0.39, 0.29) is 23.2 Å². The second-order valence-electron chi connectivity index (χ2n) is 13.1. The lowest BCUT2D eigenvalue weighted by Crippen LogP contribution is -2.59. The maximum atomic E-state index is 14.0. The van der Waals surface area contributed by atoms with Crippen molar-refractivity contribution in [3.63, 3.8) is 0 Å². The number of fused-ring (bicyclic) bond motifs is 2. The van der Waals surface area contributed by atoms with Crippen LogP contribution < -0.4 is 10.6 Å². The molecule has 0 radical (unpaired) electrons. The van der Waals surface area contributed by atoms with E-state index in [1.807, 2.05) is 12.1 Å². The highest BCUT2D eigenvalue weighted by atomic mass is 32.2. The molecule has 2 heterocycles. The van der Waals surface area contributed by atoms with Crippen LogP contribution in [0.4, 0.5) is 4.79 Å². The summed E-state index contributed by atoms with van der Waals surface area (Å²) in [6.07, 6.45) is 2.42. The zero-order valence-corrected chi connectivity index (χ0v) is 25.7. The van der Waals surface area contributed by atoms with Crippen molar-refractivity contribution in [1.29, 1.82) is 0 Å². The number of hydrogen-bond donors (Lipinski definition) is 3. The van der Waals surface area contributed by atoms with Gasteiger partial charge in [0.2, 0.25) is 11.8 Å². The normalized spacial score (nSPS) is 27.6. The van der Waals surface area contributed by atoms with Crippen LogP contribution in [-0.4, -0.2) is 80.9 Å². The molecule has 1 unspecified atom stereocenters. The molecule has 2 aliphatic heterocycles. The Morgan fingerprint density at radius 1 is 1.20 bits per heavy atom. The summed E-state index contributed by atoms with van der Waals surface area (Å²) >= 11 is 1.69. The van der Waals surface area contributed by atoms with Gasteiger partial charge in [-0.05, 0) is 82.1 Å². The van der Waals surface area contributed by atoms with Crippen LogP contribution in [0, 0.1) is 5.41 Å². The number of ether oxygens (including phenoxy) is 1. The Morgan fingerprint density at radius 2 is 1.90 bits per heavy atom. The Kier molecular flexibility index (Phi) is 9.12. The predicted octanol–water partition coefficient (Wildman–Crippen LogP) is 3.80. The fourth-order valence-corrected chi connectivity index (χ4v) is 7.66. The number of rotatable bonds is 6. The minimum Gasteiger partial charge on any atom is -0.444 e. The second kappa shape index (κ2) is 11.9. The van der Waals surface area contributed by atoms with E-state index in [1.54, 1.807) is 51.4 Å². The van der Waals surface area contributed by atoms with E-state index in [0.717, 1.165) is 31.2 Å². The molecule has 9 nitrogen and oxygen atoms in total. The van der Waals surface area contributed by atoms with Crippen molar-refractivity contribution in [2.24, 2.45) is 5.41 Å². The Bertz CT molecular complexity index is 1110. The fraction of sp³-hybridized carbons (Fsp3) is 0.700. The third-order valence-electron chi connectivity index (χ3n) is 8.35. The minimum atomic E-state index is -1.16. The minimum absolute atomic E-state index is 0.0676. The summed E-state index contributed by atoms with van der Waals surface area (Å²) in [5, 5.41) is 17.3. The van der Waals surface area contributed by atoms with Crippen LogP contribution in [0.15, 0.2) is 24.3 Å². The number of aryl methyl sites for hydroxylation is 1. The molecule has 10 heteroatoms. The number of nitrogens with zero attached hydrogens (tertiary/aromatic N) is 2. The monoisotopic (exact) mass is 574 g/mol. The molecule has 6 atom stereocenters. The lowest BCUT2D eigenvalue weighted by molar-refractivity contribution is -0.143. The van der Waals surface area contributed by atoms with Gasteiger partial charge in [0, 0.05) is 7.05 Å². The molecular formula is C30H46N4O5S. The summed E-state index contributed by atoms with van der Waals surface area (Å²) in [5.74, 6) is 0.409. The van der Waals surface area contributed by atoms with Crippen LogP contribution in [0.3, 0.4) is 0 Å². The Hall–Kier alpha value is -2.30. The average molecular weight is 575 g/mol. The first kappa shape index (κ1) is 30.7. The lowest BCUT2D eigenvalue weighted by Gasteiger charge is -2.37. The smallest absolute Gasteiger partial charge is 0.410 e. The first-order valence-corrected chi connectivity index (χ1v) is 15.5. The summed E-state index contributed by atoms with van der Waals surface area (Å²) in [4.78, 5) is 43.6. The van der Waals surface area contributed by atoms with Crippen LogP contribution in [0.2, 0.25) is 0 Å². The highest BCUT2D eigenvalue weighted by molar-refractivity contribution is 7.99. The number of carbonyl (C=O) groups is 3. The van der Waals surface area contributed by atoms with Gasteiger partial charge in [-0.15, -0.1) is 11.8 Å². The number of carbonyl (C=O) groups excluding carboxylic acids is 3. The molecule has 2 fully saturated rings. The third kappa shape index (κ3) is 6.60. The Morgan fingerprint density at radius 3 is 2.60 bits per heavy atom. The molecule has 3 N–H and O–H groups in total. The standard InChI is InChI=1S/C30H46N4O5S/c1-18(33(7)28(38)39-29(2,3)4)25(35)32-22-15-16-40-23-17-30(5,6)24(34(23)27(22)37)26(36)31-21-14-10-12-19-11-8-9-13-20(19)21/h8-9,11,13,18,21-25,32,35H,10,12,14-17H2,1-7H3,(H,31,36)/t18-,21+,22-,23-,24-,25?/m0/s1. The second-order valence-corrected chi connectivity index (χ2v) is 14.4. The largest absolute Gasteiger partial charge is 0.444 e. The molecule has 3 amide bonds. The van der Waals surface area contributed by atoms with Gasteiger partial charge in [0.1, 0.15) is 17.9 Å². The molecule has 4 rings (SSSR count). The predicted molar refractivity (Wildman–Crippen MR) is 157 cm³/mol. The zero-order valence-electron chi connectivity index (χ0n) is 24.9. The Balaban J connectivity index is 1.49. The van der Waals surface area contributed by atoms with Gasteiger partial charge in [0.05, 0.1) is 23.5 Å². The van der Waals surface area contributed by atoms with Crippen LogP contribution in [-0.2, 0) is 20.7 Å². The lowest BCUT2D eigenvalue weighted by atomic mass is 9.83. The summed E-state index contributed by atoms with van der Waals surface area (Å²) in [5.41, 5.74) is 1.37. The molecule has 1 aromatic carbocycles. The van der Waals surface area contributed by atoms with Crippen molar-refractivity contribution in [1.82, 2.24) is 20.4 Å². The highest BCUT2D eigenvalue weighted by Gasteiger charge is 2.54. The van der Waals surface area contributed by atoms with E-state index in [9.17, 15) is 19.5 Å². The molecule has 2 saturated heterocycles. The van der Waals surface area contributed by atoms with Crippen LogP contribution >= 0.6 is 11.8 Å². The number of nitrogens with one attached hydrogen (secondary N) is 2. The highest BCUT2D eigenvalue weighted by Crippen LogP contribution is 2.46. The van der Waals surface area contributed by atoms with E-state index < -0.39 is 41.5 Å². The van der Waals surface area contributed by atoms with E-state index in [2.05, 4.69) is 36.6 Å². The van der Waals surface area contributed by atoms with Gasteiger partial charge in [-0.2, -0.15) is 0 Å². The molecule has 222 valence electrons. The number of thioether (sulfide) groups is 1. The molecule has 0 aromatic heterocycles. The van der Waals surface area contributed by atoms with Gasteiger partial charge in [0.15, 0.2) is 0 Å². The van der Waals surface area contributed by atoms with Crippen molar-refractivity contribution in [2.75, 3.05) is 12.8 Å². The summed E-state index contributed by atoms with van der Waals surface area (Å²) < 4.78 is 5.43. The maximum absolute atomic E-state index is 14.0. The molecule has 0 spiro atoms. The average Bonchev–Trinajstić information content (AvgIpc) is 3.07. The number of aliphatic hydroxyl groups excluding tert-OH is 1. The first-order chi connectivity index (χ1) is 18.7. The molecule has 0 bridgehead atoms. The van der Waals surface area contributed by atoms with Gasteiger partial charge in [-0.3, -0.25) is 14.9 Å². The number of hydrogen-bond acceptors (Lipinski definition) is 7. The van der Waals surface area contributed by atoms with Gasteiger partial charge in [0.25, 0.3) is 0 Å². The molecular weight excluding hydrogens is 528 g/mol. The SMILES string of the molecule is C[C@@H](C(O)N[C@H]1CCS[C@H]2CC(C)(C)[C@H](C(=O)N[C@@H]3CCCc4ccccc43)N2C1=O)N(C)C(=O)OC(C)(C)C. The number of amides is 3. The van der Waals surface area contributed by atoms with Crippen molar-refractivity contribution >= 4 is 29.7 Å². The molecule has 0 saturated carbocycles. The fourth-order valence-electron chi connectivity index (χ4n) is 6.08. The van der Waals surface area contributed by atoms with E-state index in [0.29, 0.717) is 12.2 Å². The third-order valence-corrected chi connectivity index (χ3v) is 9.60. The van der Waals surface area contributed by atoms with Gasteiger partial charge in [-0.25, -0.2) is 4.79 Å². The van der Waals surface area contributed by atoms with Crippen molar-refractivity contribution in [3.05, 3.63) is 35.4 Å². The topological polar surface area (TPSA) is 111 Å². The number of likely N-dealkylation sites (N-methyl/N-ethyl adjacent to an activating group) is 1. The zero-order chi connectivity index (χ0) is 29.4. The van der Waals surface area contributed by atoms with Crippen molar-refractivity contribution in [2.45, 2.75) is 115 Å². The van der Waals surface area contributed by atoms with E-state index in [1.165, 1.54) is 10.5 Å². The van der Waals surface area contributed by atoms with Crippen LogP contribution in [0.1, 0.15) is 84.4 Å². The van der Waals surface area contributed by atoms with E-state index >= 15 is 0 Å². The molecule has 1 aromatic rings. The van der Waals surface area contributed by atoms with Crippen molar-refractivity contribution < 1.29 is 24.2 Å². The van der Waals surface area contributed by atoms with Crippen LogP contribution in [0.25, 0.3) is 0 Å². The molecule has 40 heavy (non-hydrogen) atoms. The van der Waals surface area contributed by atoms with Crippen LogP contribution in [0.5, 0.6) is 0 Å². The Labute approximate surface area is 242 Å². The number of benzene rings is 1. The quantitative estimate of drug-likeness (QED) is 0.443. The maximum Gasteiger partial charge on any atom is 0.410 e. The van der Waals surface area contributed by atoms with Gasteiger partial charge in [-0.1, -0.05) is 38.1 Å². The van der Waals surface area contributed by atoms with E-state index in [4.69, 9.17) is 4.74 Å². The summed E-state index contributed by atoms with van der Waals surface area (Å²) in [6.45, 7) is 11.2. The first-order valence-electron chi connectivity index (χ1n) is 14.4. The summed E-state index contributed by atoms with van der Waals surface area (Å²) in [6, 6.07) is 6.25. The summed E-state index contributed by atoms with van der Waals surface area (Å²) in [7, 11) is 1.57. The van der Waals surface area contributed by atoms with Gasteiger partial charge < -0.3 is 25.0 Å². The number of aliphatic hydroxyl groups is 1.